The number of methoxy groups -OCH3 is 1. The number of fused-ring (bicyclic) bond motifs is 1. The first kappa shape index (κ1) is 27.3. The molecule has 5 rings (SSSR count). The first-order valence-corrected chi connectivity index (χ1v) is 14.1. The standard InChI is InChI=1S/C31H24BrN3O4S/c1-3-24-27(30(37)38-2)28(21-7-5-4-6-8-21)35-29(36)26(40-31(35)34-24)16-22-15-23(32)13-14-25(22)39-18-20-11-9-19(17-33)10-12-20/h4-16,28H,3,18H2,1-2H3/b26-16+/t28-/m0/s1. The van der Waals surface area contributed by atoms with Crippen LogP contribution >= 0.6 is 27.3 Å². The first-order valence-electron chi connectivity index (χ1n) is 12.5. The van der Waals surface area contributed by atoms with Crippen LogP contribution in [0.5, 0.6) is 5.75 Å². The summed E-state index contributed by atoms with van der Waals surface area (Å²) in [5, 5.41) is 9.04. The first-order chi connectivity index (χ1) is 19.4. The van der Waals surface area contributed by atoms with E-state index in [1.807, 2.05) is 67.6 Å². The highest BCUT2D eigenvalue weighted by Gasteiger charge is 2.33. The van der Waals surface area contributed by atoms with Crippen LogP contribution in [0.2, 0.25) is 0 Å². The Bertz CT molecular complexity index is 1830. The summed E-state index contributed by atoms with van der Waals surface area (Å²) in [5.41, 5.74) is 3.72. The molecule has 3 aromatic carbocycles. The highest BCUT2D eigenvalue weighted by Crippen LogP contribution is 2.32. The van der Waals surface area contributed by atoms with Crippen molar-refractivity contribution < 1.29 is 14.3 Å². The average molecular weight is 615 g/mol. The van der Waals surface area contributed by atoms with Gasteiger partial charge < -0.3 is 9.47 Å². The van der Waals surface area contributed by atoms with Gasteiger partial charge in [-0.3, -0.25) is 9.36 Å². The number of nitrogens with zero attached hydrogens (tertiary/aromatic N) is 3. The highest BCUT2D eigenvalue weighted by molar-refractivity contribution is 9.10. The SMILES string of the molecule is CCC1=C(C(=O)OC)[C@H](c2ccccc2)n2c(s/c(=C/c3cc(Br)ccc3OCc3ccc(C#N)cc3)c2=O)=N1. The molecule has 9 heteroatoms. The Morgan fingerprint density at radius 2 is 1.90 bits per heavy atom. The second-order valence-corrected chi connectivity index (χ2v) is 10.9. The molecular formula is C31H24BrN3O4S. The van der Waals surface area contributed by atoms with Gasteiger partial charge in [-0.2, -0.15) is 5.26 Å². The molecule has 0 unspecified atom stereocenters. The summed E-state index contributed by atoms with van der Waals surface area (Å²) in [6.07, 6.45) is 2.30. The quantitative estimate of drug-likeness (QED) is 0.273. The van der Waals surface area contributed by atoms with Crippen molar-refractivity contribution in [3.8, 4) is 11.8 Å². The molecule has 0 amide bonds. The van der Waals surface area contributed by atoms with Crippen LogP contribution in [0.3, 0.4) is 0 Å². The van der Waals surface area contributed by atoms with E-state index in [0.29, 0.717) is 50.5 Å². The van der Waals surface area contributed by atoms with Crippen LogP contribution in [0, 0.1) is 11.3 Å². The smallest absolute Gasteiger partial charge is 0.338 e. The number of aromatic nitrogens is 1. The van der Waals surface area contributed by atoms with Gasteiger partial charge in [0.2, 0.25) is 0 Å². The van der Waals surface area contributed by atoms with Crippen LogP contribution in [-0.2, 0) is 16.1 Å². The fraction of sp³-hybridized carbons (Fsp3) is 0.161. The van der Waals surface area contributed by atoms with E-state index in [0.717, 1.165) is 15.6 Å². The number of thiazole rings is 1. The summed E-state index contributed by atoms with van der Waals surface area (Å²) in [4.78, 5) is 32.1. The van der Waals surface area contributed by atoms with E-state index in [2.05, 4.69) is 22.0 Å². The van der Waals surface area contributed by atoms with Gasteiger partial charge in [0.05, 0.1) is 40.6 Å². The number of carbonyl (C=O) groups excluding carboxylic acids is 1. The Morgan fingerprint density at radius 1 is 1.15 bits per heavy atom. The number of hydrogen-bond acceptors (Lipinski definition) is 7. The number of carbonyl (C=O) groups is 1. The molecule has 0 saturated heterocycles. The molecule has 1 atom stereocenters. The molecular weight excluding hydrogens is 590 g/mol. The van der Waals surface area contributed by atoms with Gasteiger partial charge in [0, 0.05) is 10.0 Å². The zero-order valence-electron chi connectivity index (χ0n) is 21.8. The Balaban J connectivity index is 1.61. The third-order valence-corrected chi connectivity index (χ3v) is 7.98. The van der Waals surface area contributed by atoms with E-state index in [9.17, 15) is 9.59 Å². The van der Waals surface area contributed by atoms with Crippen LogP contribution in [0.1, 0.15) is 41.6 Å². The molecule has 4 aromatic rings. The maximum absolute atomic E-state index is 13.9. The molecule has 1 aliphatic heterocycles. The van der Waals surface area contributed by atoms with Gasteiger partial charge in [-0.15, -0.1) is 0 Å². The van der Waals surface area contributed by atoms with Crippen LogP contribution in [-0.4, -0.2) is 17.6 Å². The van der Waals surface area contributed by atoms with Crippen molar-refractivity contribution in [1.82, 2.24) is 4.57 Å². The summed E-state index contributed by atoms with van der Waals surface area (Å²) >= 11 is 4.79. The van der Waals surface area contributed by atoms with Crippen molar-refractivity contribution in [3.05, 3.63) is 130 Å². The third-order valence-electron chi connectivity index (χ3n) is 6.50. The molecule has 0 spiro atoms. The number of rotatable bonds is 7. The molecule has 0 fully saturated rings. The van der Waals surface area contributed by atoms with Gasteiger partial charge in [-0.25, -0.2) is 9.79 Å². The van der Waals surface area contributed by atoms with Gasteiger partial charge in [0.25, 0.3) is 5.56 Å². The monoisotopic (exact) mass is 613 g/mol. The Hall–Kier alpha value is -4.26. The molecule has 7 nitrogen and oxygen atoms in total. The van der Waals surface area contributed by atoms with E-state index in [-0.39, 0.29) is 5.56 Å². The Kier molecular flexibility index (Phi) is 8.10. The van der Waals surface area contributed by atoms with Crippen molar-refractivity contribution >= 4 is 39.3 Å². The van der Waals surface area contributed by atoms with Gasteiger partial charge in [0.15, 0.2) is 4.80 Å². The van der Waals surface area contributed by atoms with E-state index < -0.39 is 12.0 Å². The van der Waals surface area contributed by atoms with Crippen LogP contribution in [0.4, 0.5) is 0 Å². The normalized spacial score (nSPS) is 14.8. The predicted molar refractivity (Wildman–Crippen MR) is 156 cm³/mol. The molecule has 200 valence electrons. The van der Waals surface area contributed by atoms with Crippen molar-refractivity contribution in [1.29, 1.82) is 5.26 Å². The molecule has 1 aliphatic rings. The summed E-state index contributed by atoms with van der Waals surface area (Å²) in [5.74, 6) is 0.0942. The molecule has 2 heterocycles. The maximum Gasteiger partial charge on any atom is 0.338 e. The molecule has 0 radical (unpaired) electrons. The Labute approximate surface area is 243 Å². The van der Waals surface area contributed by atoms with Crippen LogP contribution in [0.25, 0.3) is 6.08 Å². The van der Waals surface area contributed by atoms with Crippen molar-refractivity contribution in [2.24, 2.45) is 4.99 Å². The number of allylic oxidation sites excluding steroid dienone is 1. The summed E-state index contributed by atoms with van der Waals surface area (Å²) in [7, 11) is 1.34. The lowest BCUT2D eigenvalue weighted by atomic mass is 9.95. The second-order valence-electron chi connectivity index (χ2n) is 8.98. The topological polar surface area (TPSA) is 93.7 Å². The van der Waals surface area contributed by atoms with Gasteiger partial charge in [-0.1, -0.05) is 76.7 Å². The summed E-state index contributed by atoms with van der Waals surface area (Å²) in [6, 6.07) is 23.7. The van der Waals surface area contributed by atoms with Gasteiger partial charge in [-0.05, 0) is 54.0 Å². The average Bonchev–Trinajstić information content (AvgIpc) is 3.30. The highest BCUT2D eigenvalue weighted by atomic mass is 79.9. The number of nitriles is 1. The largest absolute Gasteiger partial charge is 0.488 e. The van der Waals surface area contributed by atoms with Crippen molar-refractivity contribution in [2.75, 3.05) is 7.11 Å². The van der Waals surface area contributed by atoms with Crippen LogP contribution in [0.15, 0.2) is 98.3 Å². The number of hydrogen-bond donors (Lipinski definition) is 0. The molecule has 0 saturated carbocycles. The minimum Gasteiger partial charge on any atom is -0.488 e. The zero-order chi connectivity index (χ0) is 28.2. The van der Waals surface area contributed by atoms with Crippen LogP contribution < -0.4 is 19.6 Å². The van der Waals surface area contributed by atoms with E-state index >= 15 is 0 Å². The third kappa shape index (κ3) is 5.41. The molecule has 1 aromatic heterocycles. The molecule has 0 aliphatic carbocycles. The number of esters is 1. The van der Waals surface area contributed by atoms with Crippen molar-refractivity contribution in [2.45, 2.75) is 26.0 Å². The second kappa shape index (κ2) is 11.9. The Morgan fingerprint density at radius 3 is 2.58 bits per heavy atom. The fourth-order valence-corrected chi connectivity index (χ4v) is 5.95. The number of halogens is 1. The number of benzene rings is 3. The summed E-state index contributed by atoms with van der Waals surface area (Å²) in [6.45, 7) is 2.23. The van der Waals surface area contributed by atoms with Crippen molar-refractivity contribution in [3.63, 3.8) is 0 Å². The minimum atomic E-state index is -0.656. The lowest BCUT2D eigenvalue weighted by molar-refractivity contribution is -0.136. The predicted octanol–water partition coefficient (Wildman–Crippen LogP) is 5.01. The number of ether oxygens (including phenoxy) is 2. The minimum absolute atomic E-state index is 0.257. The van der Waals surface area contributed by atoms with E-state index in [1.54, 1.807) is 22.8 Å². The maximum atomic E-state index is 13.9. The van der Waals surface area contributed by atoms with Gasteiger partial charge in [0.1, 0.15) is 12.4 Å². The zero-order valence-corrected chi connectivity index (χ0v) is 24.2. The van der Waals surface area contributed by atoms with E-state index in [1.165, 1.54) is 18.4 Å². The lowest BCUT2D eigenvalue weighted by Crippen LogP contribution is -2.40. The fourth-order valence-electron chi connectivity index (χ4n) is 4.56. The van der Waals surface area contributed by atoms with Gasteiger partial charge >= 0.3 is 5.97 Å². The molecule has 0 bridgehead atoms. The lowest BCUT2D eigenvalue weighted by Gasteiger charge is -2.25. The summed E-state index contributed by atoms with van der Waals surface area (Å²) < 4.78 is 14.1. The van der Waals surface area contributed by atoms with E-state index in [4.69, 9.17) is 19.7 Å². The molecule has 40 heavy (non-hydrogen) atoms. The molecule has 0 N–H and O–H groups in total.